The molecule has 0 saturated heterocycles. The lowest BCUT2D eigenvalue weighted by molar-refractivity contribution is 0.283. The van der Waals surface area contributed by atoms with E-state index in [2.05, 4.69) is 16.4 Å². The second kappa shape index (κ2) is 4.62. The summed E-state index contributed by atoms with van der Waals surface area (Å²) in [6.07, 6.45) is 3.71. The molecule has 1 fully saturated rings. The molecule has 0 aromatic carbocycles. The van der Waals surface area contributed by atoms with E-state index in [0.717, 1.165) is 18.7 Å². The van der Waals surface area contributed by atoms with E-state index in [0.29, 0.717) is 5.92 Å². The average molecular weight is 200 g/mol. The Hall–Kier alpha value is -0.550. The standard InChI is InChI=1S/C9H13O3P/c1-2-12-13(10,11)8-4-3-5-9-6-7-9/h4,8-9H,2,6-7H2,1H3,(H,10,11)/b8-4-. The predicted molar refractivity (Wildman–Crippen MR) is 51.1 cm³/mol. The van der Waals surface area contributed by atoms with Gasteiger partial charge in [0, 0.05) is 11.7 Å². The largest absolute Gasteiger partial charge is 0.352 e. The second-order valence-corrected chi connectivity index (χ2v) is 4.55. The van der Waals surface area contributed by atoms with Crippen molar-refractivity contribution in [2.75, 3.05) is 6.61 Å². The maximum Gasteiger partial charge on any atom is 0.352 e. The molecule has 0 bridgehead atoms. The Morgan fingerprint density at radius 1 is 1.69 bits per heavy atom. The number of hydrogen-bond donors (Lipinski definition) is 1. The second-order valence-electron chi connectivity index (χ2n) is 2.86. The van der Waals surface area contributed by atoms with Gasteiger partial charge in [0.05, 0.1) is 6.61 Å². The van der Waals surface area contributed by atoms with E-state index in [9.17, 15) is 4.57 Å². The fourth-order valence-electron chi connectivity index (χ4n) is 0.753. The van der Waals surface area contributed by atoms with Gasteiger partial charge in [0.2, 0.25) is 0 Å². The van der Waals surface area contributed by atoms with Gasteiger partial charge in [-0.1, -0.05) is 11.8 Å². The molecule has 0 spiro atoms. The molecule has 4 heteroatoms. The molecular weight excluding hydrogens is 187 g/mol. The quantitative estimate of drug-likeness (QED) is 0.560. The molecule has 0 heterocycles. The molecule has 3 nitrogen and oxygen atoms in total. The smallest absolute Gasteiger partial charge is 0.321 e. The third-order valence-electron chi connectivity index (χ3n) is 1.53. The Labute approximate surface area is 78.3 Å². The van der Waals surface area contributed by atoms with Crippen LogP contribution in [0, 0.1) is 17.8 Å². The van der Waals surface area contributed by atoms with Crippen LogP contribution in [0.15, 0.2) is 11.9 Å². The summed E-state index contributed by atoms with van der Waals surface area (Å²) in [5.41, 5.74) is 0. The molecule has 0 aliphatic heterocycles. The zero-order valence-electron chi connectivity index (χ0n) is 7.56. The first-order chi connectivity index (χ1) is 6.14. The van der Waals surface area contributed by atoms with Gasteiger partial charge in [-0.3, -0.25) is 4.57 Å². The molecule has 1 aliphatic rings. The Morgan fingerprint density at radius 3 is 2.92 bits per heavy atom. The van der Waals surface area contributed by atoms with Gasteiger partial charge in [-0.15, -0.1) is 0 Å². The van der Waals surface area contributed by atoms with E-state index < -0.39 is 7.60 Å². The topological polar surface area (TPSA) is 46.5 Å². The third-order valence-corrected chi connectivity index (χ3v) is 2.68. The van der Waals surface area contributed by atoms with E-state index in [1.54, 1.807) is 6.92 Å². The van der Waals surface area contributed by atoms with Gasteiger partial charge in [-0.05, 0) is 25.8 Å². The van der Waals surface area contributed by atoms with Gasteiger partial charge in [-0.25, -0.2) is 0 Å². The van der Waals surface area contributed by atoms with Crippen LogP contribution in [0.2, 0.25) is 0 Å². The predicted octanol–water partition coefficient (Wildman–Crippen LogP) is 2.14. The maximum atomic E-state index is 11.1. The first-order valence-electron chi connectivity index (χ1n) is 4.30. The van der Waals surface area contributed by atoms with Crippen molar-refractivity contribution in [3.05, 3.63) is 11.9 Å². The van der Waals surface area contributed by atoms with E-state index in [-0.39, 0.29) is 6.61 Å². The minimum Gasteiger partial charge on any atom is -0.321 e. The summed E-state index contributed by atoms with van der Waals surface area (Å²) >= 11 is 0. The number of rotatable bonds is 3. The van der Waals surface area contributed by atoms with Crippen LogP contribution >= 0.6 is 7.60 Å². The Balaban J connectivity index is 2.37. The maximum absolute atomic E-state index is 11.1. The van der Waals surface area contributed by atoms with Crippen molar-refractivity contribution < 1.29 is 14.0 Å². The molecule has 13 heavy (non-hydrogen) atoms. The molecule has 72 valence electrons. The zero-order valence-corrected chi connectivity index (χ0v) is 8.46. The molecule has 0 aromatic rings. The fourth-order valence-corrected chi connectivity index (χ4v) is 1.47. The van der Waals surface area contributed by atoms with Crippen molar-refractivity contribution in [2.24, 2.45) is 5.92 Å². The van der Waals surface area contributed by atoms with Crippen LogP contribution in [0.25, 0.3) is 0 Å². The molecule has 1 rings (SSSR count). The Bertz CT molecular complexity index is 294. The minimum absolute atomic E-state index is 0.230. The molecule has 0 aromatic heterocycles. The number of hydrogen-bond acceptors (Lipinski definition) is 2. The Kier molecular flexibility index (Phi) is 3.74. The van der Waals surface area contributed by atoms with Crippen LogP contribution in [0.4, 0.5) is 0 Å². The van der Waals surface area contributed by atoms with Crippen molar-refractivity contribution in [3.8, 4) is 11.8 Å². The lowest BCUT2D eigenvalue weighted by Gasteiger charge is -2.02. The molecule has 1 unspecified atom stereocenters. The van der Waals surface area contributed by atoms with Crippen LogP contribution in [0.1, 0.15) is 19.8 Å². The van der Waals surface area contributed by atoms with Crippen molar-refractivity contribution in [2.45, 2.75) is 19.8 Å². The monoisotopic (exact) mass is 200 g/mol. The highest BCUT2D eigenvalue weighted by atomic mass is 31.2. The SMILES string of the molecule is CCOP(=O)(O)/C=C\C#CC1CC1. The summed E-state index contributed by atoms with van der Waals surface area (Å²) in [6, 6.07) is 0. The van der Waals surface area contributed by atoms with Gasteiger partial charge in [0.1, 0.15) is 0 Å². The average Bonchev–Trinajstić information content (AvgIpc) is 2.81. The Morgan fingerprint density at radius 2 is 2.38 bits per heavy atom. The summed E-state index contributed by atoms with van der Waals surface area (Å²) in [4.78, 5) is 9.07. The highest BCUT2D eigenvalue weighted by Crippen LogP contribution is 2.43. The minimum atomic E-state index is -3.52. The molecule has 1 atom stereocenters. The van der Waals surface area contributed by atoms with Crippen molar-refractivity contribution in [1.29, 1.82) is 0 Å². The summed E-state index contributed by atoms with van der Waals surface area (Å²) in [6.45, 7) is 1.90. The number of allylic oxidation sites excluding steroid dienone is 1. The van der Waals surface area contributed by atoms with E-state index in [1.165, 1.54) is 6.08 Å². The first kappa shape index (κ1) is 10.5. The van der Waals surface area contributed by atoms with Gasteiger partial charge >= 0.3 is 7.60 Å². The van der Waals surface area contributed by atoms with E-state index in [1.807, 2.05) is 0 Å². The van der Waals surface area contributed by atoms with E-state index >= 15 is 0 Å². The summed E-state index contributed by atoms with van der Waals surface area (Å²) in [5.74, 6) is 7.31. The molecular formula is C9H13O3P. The fraction of sp³-hybridized carbons (Fsp3) is 0.556. The molecule has 1 aliphatic carbocycles. The van der Waals surface area contributed by atoms with E-state index in [4.69, 9.17) is 4.89 Å². The summed E-state index contributed by atoms with van der Waals surface area (Å²) in [7, 11) is -3.52. The highest BCUT2D eigenvalue weighted by Gasteiger charge is 2.17. The first-order valence-corrected chi connectivity index (χ1v) is 5.94. The van der Waals surface area contributed by atoms with Gasteiger partial charge in [-0.2, -0.15) is 0 Å². The van der Waals surface area contributed by atoms with Crippen LogP contribution in [-0.4, -0.2) is 11.5 Å². The van der Waals surface area contributed by atoms with Crippen molar-refractivity contribution in [3.63, 3.8) is 0 Å². The van der Waals surface area contributed by atoms with Gasteiger partial charge < -0.3 is 9.42 Å². The van der Waals surface area contributed by atoms with Crippen LogP contribution in [0.3, 0.4) is 0 Å². The van der Waals surface area contributed by atoms with Crippen LogP contribution < -0.4 is 0 Å². The highest BCUT2D eigenvalue weighted by molar-refractivity contribution is 7.56. The van der Waals surface area contributed by atoms with Gasteiger partial charge in [0.25, 0.3) is 0 Å². The molecule has 1 saturated carbocycles. The van der Waals surface area contributed by atoms with Crippen molar-refractivity contribution in [1.82, 2.24) is 0 Å². The third kappa shape index (κ3) is 4.90. The van der Waals surface area contributed by atoms with Gasteiger partial charge in [0.15, 0.2) is 0 Å². The summed E-state index contributed by atoms with van der Waals surface area (Å²) in [5, 5.41) is 0. The molecule has 0 amide bonds. The van der Waals surface area contributed by atoms with Crippen LogP contribution in [-0.2, 0) is 9.09 Å². The molecule has 1 N–H and O–H groups in total. The lowest BCUT2D eigenvalue weighted by atomic mass is 10.4. The zero-order chi connectivity index (χ0) is 9.73. The molecule has 0 radical (unpaired) electrons. The lowest BCUT2D eigenvalue weighted by Crippen LogP contribution is -1.83. The summed E-state index contributed by atoms with van der Waals surface area (Å²) < 4.78 is 15.7. The van der Waals surface area contributed by atoms with Crippen LogP contribution in [0.5, 0.6) is 0 Å². The normalized spacial score (nSPS) is 20.8. The van der Waals surface area contributed by atoms with Crippen molar-refractivity contribution >= 4 is 7.60 Å².